The Bertz CT molecular complexity index is 374. The number of nitrogens with one attached hydrogen (secondary N) is 2. The number of hydrogen-bond acceptors (Lipinski definition) is 2. The van der Waals surface area contributed by atoms with Gasteiger partial charge in [0.2, 0.25) is 5.91 Å². The second-order valence-corrected chi connectivity index (χ2v) is 3.83. The van der Waals surface area contributed by atoms with Crippen molar-refractivity contribution in [2.24, 2.45) is 0 Å². The highest BCUT2D eigenvalue weighted by molar-refractivity contribution is 5.75. The van der Waals surface area contributed by atoms with Crippen molar-refractivity contribution in [3.05, 3.63) is 34.9 Å². The van der Waals surface area contributed by atoms with E-state index in [0.717, 1.165) is 19.5 Å². The molecular weight excluding hydrogens is 188 g/mol. The lowest BCUT2D eigenvalue weighted by Gasteiger charge is -2.06. The first-order valence-electron chi connectivity index (χ1n) is 5.32. The fourth-order valence-corrected chi connectivity index (χ4v) is 2.01. The number of rotatable bonds is 3. The predicted octanol–water partition coefficient (Wildman–Crippen LogP) is 0.968. The molecule has 0 unspecified atom stereocenters. The maximum Gasteiger partial charge on any atom is 0.220 e. The van der Waals surface area contributed by atoms with Gasteiger partial charge in [0.1, 0.15) is 0 Å². The first kappa shape index (κ1) is 10.2. The fraction of sp³-hybridized carbons (Fsp3) is 0.417. The van der Waals surface area contributed by atoms with Crippen LogP contribution in [-0.4, -0.2) is 13.0 Å². The first-order valence-corrected chi connectivity index (χ1v) is 5.32. The van der Waals surface area contributed by atoms with E-state index < -0.39 is 0 Å². The average molecular weight is 204 g/mol. The maximum atomic E-state index is 11.2. The van der Waals surface area contributed by atoms with Crippen LogP contribution in [0.5, 0.6) is 0 Å². The maximum absolute atomic E-state index is 11.2. The van der Waals surface area contributed by atoms with E-state index in [1.807, 2.05) is 0 Å². The molecule has 15 heavy (non-hydrogen) atoms. The normalized spacial score (nSPS) is 13.7. The van der Waals surface area contributed by atoms with E-state index in [0.29, 0.717) is 6.42 Å². The molecule has 0 saturated heterocycles. The Morgan fingerprint density at radius 2 is 2.33 bits per heavy atom. The predicted molar refractivity (Wildman–Crippen MR) is 59.4 cm³/mol. The van der Waals surface area contributed by atoms with E-state index in [2.05, 4.69) is 28.8 Å². The minimum absolute atomic E-state index is 0.110. The Balaban J connectivity index is 2.09. The topological polar surface area (TPSA) is 41.1 Å². The minimum atomic E-state index is 0.110. The summed E-state index contributed by atoms with van der Waals surface area (Å²) in [6.45, 7) is 1.91. The van der Waals surface area contributed by atoms with Gasteiger partial charge in [0.05, 0.1) is 0 Å². The highest BCUT2D eigenvalue weighted by Gasteiger charge is 2.13. The number of fused-ring (bicyclic) bond motifs is 1. The molecule has 1 heterocycles. The van der Waals surface area contributed by atoms with Gasteiger partial charge in [0.25, 0.3) is 0 Å². The minimum Gasteiger partial charge on any atom is -0.359 e. The van der Waals surface area contributed by atoms with E-state index in [1.54, 1.807) is 7.05 Å². The van der Waals surface area contributed by atoms with Crippen LogP contribution in [0, 0.1) is 0 Å². The summed E-state index contributed by atoms with van der Waals surface area (Å²) in [5.74, 6) is 0.110. The van der Waals surface area contributed by atoms with Crippen molar-refractivity contribution in [2.75, 3.05) is 7.05 Å². The molecule has 0 aliphatic carbocycles. The molecule has 0 radical (unpaired) electrons. The third kappa shape index (κ3) is 2.18. The third-order valence-electron chi connectivity index (χ3n) is 2.89. The number of hydrogen-bond donors (Lipinski definition) is 2. The highest BCUT2D eigenvalue weighted by Crippen LogP contribution is 2.20. The Morgan fingerprint density at radius 3 is 3.13 bits per heavy atom. The first-order chi connectivity index (χ1) is 7.31. The number of carbonyl (C=O) groups is 1. The molecule has 0 bridgehead atoms. The van der Waals surface area contributed by atoms with Crippen molar-refractivity contribution in [3.63, 3.8) is 0 Å². The summed E-state index contributed by atoms with van der Waals surface area (Å²) in [4.78, 5) is 11.2. The molecule has 1 amide bonds. The average Bonchev–Trinajstić information content (AvgIpc) is 2.74. The molecule has 1 aromatic rings. The smallest absolute Gasteiger partial charge is 0.220 e. The highest BCUT2D eigenvalue weighted by atomic mass is 16.1. The number of benzene rings is 1. The molecule has 0 saturated carbocycles. The van der Waals surface area contributed by atoms with E-state index >= 15 is 0 Å². The van der Waals surface area contributed by atoms with Gasteiger partial charge in [-0.1, -0.05) is 18.2 Å². The third-order valence-corrected chi connectivity index (χ3v) is 2.89. The van der Waals surface area contributed by atoms with Crippen LogP contribution in [0.2, 0.25) is 0 Å². The number of aryl methyl sites for hydroxylation is 1. The van der Waals surface area contributed by atoms with Gasteiger partial charge in [-0.25, -0.2) is 0 Å². The molecule has 1 aromatic carbocycles. The van der Waals surface area contributed by atoms with Crippen LogP contribution >= 0.6 is 0 Å². The van der Waals surface area contributed by atoms with E-state index in [9.17, 15) is 4.79 Å². The Hall–Kier alpha value is -1.35. The Kier molecular flexibility index (Phi) is 3.02. The molecule has 0 aromatic heterocycles. The molecule has 1 aliphatic heterocycles. The molecule has 2 N–H and O–H groups in total. The van der Waals surface area contributed by atoms with Crippen molar-refractivity contribution in [2.45, 2.75) is 25.9 Å². The molecule has 80 valence electrons. The zero-order chi connectivity index (χ0) is 10.7. The second kappa shape index (κ2) is 4.45. The molecule has 0 fully saturated rings. The van der Waals surface area contributed by atoms with Gasteiger partial charge in [-0.2, -0.15) is 0 Å². The molecule has 0 atom stereocenters. The van der Waals surface area contributed by atoms with Crippen LogP contribution in [-0.2, 0) is 24.3 Å². The summed E-state index contributed by atoms with van der Waals surface area (Å²) in [6.07, 6.45) is 1.41. The summed E-state index contributed by atoms with van der Waals surface area (Å²) >= 11 is 0. The van der Waals surface area contributed by atoms with Gasteiger partial charge >= 0.3 is 0 Å². The monoisotopic (exact) mass is 204 g/mol. The van der Waals surface area contributed by atoms with Crippen LogP contribution < -0.4 is 10.6 Å². The lowest BCUT2D eigenvalue weighted by atomic mass is 10.00. The van der Waals surface area contributed by atoms with Crippen molar-refractivity contribution in [3.8, 4) is 0 Å². The number of amides is 1. The summed E-state index contributed by atoms with van der Waals surface area (Å²) in [5.41, 5.74) is 4.08. The van der Waals surface area contributed by atoms with E-state index in [4.69, 9.17) is 0 Å². The number of carbonyl (C=O) groups excluding carboxylic acids is 1. The van der Waals surface area contributed by atoms with Crippen molar-refractivity contribution < 1.29 is 4.79 Å². The van der Waals surface area contributed by atoms with Crippen molar-refractivity contribution in [1.29, 1.82) is 0 Å². The standard InChI is InChI=1S/C12H16N2O/c1-13-12(15)6-5-9-3-2-4-10-7-14-8-11(9)10/h2-4,14H,5-8H2,1H3,(H,13,15). The van der Waals surface area contributed by atoms with Gasteiger partial charge in [0.15, 0.2) is 0 Å². The van der Waals surface area contributed by atoms with Crippen LogP contribution in [0.1, 0.15) is 23.1 Å². The molecule has 3 heteroatoms. The lowest BCUT2D eigenvalue weighted by molar-refractivity contribution is -0.120. The molecule has 3 nitrogen and oxygen atoms in total. The van der Waals surface area contributed by atoms with Gasteiger partial charge in [-0.05, 0) is 23.1 Å². The zero-order valence-electron chi connectivity index (χ0n) is 8.97. The quantitative estimate of drug-likeness (QED) is 0.770. The second-order valence-electron chi connectivity index (χ2n) is 3.83. The van der Waals surface area contributed by atoms with Crippen LogP contribution in [0.3, 0.4) is 0 Å². The van der Waals surface area contributed by atoms with Crippen LogP contribution in [0.25, 0.3) is 0 Å². The van der Waals surface area contributed by atoms with Crippen LogP contribution in [0.15, 0.2) is 18.2 Å². The SMILES string of the molecule is CNC(=O)CCc1cccc2c1CNC2. The van der Waals surface area contributed by atoms with Gasteiger partial charge in [0, 0.05) is 26.6 Å². The summed E-state index contributed by atoms with van der Waals surface area (Å²) < 4.78 is 0. The van der Waals surface area contributed by atoms with Crippen molar-refractivity contribution in [1.82, 2.24) is 10.6 Å². The molecule has 0 spiro atoms. The van der Waals surface area contributed by atoms with Gasteiger partial charge in [-0.3, -0.25) is 4.79 Å². The summed E-state index contributed by atoms with van der Waals surface area (Å²) in [5, 5.41) is 5.98. The van der Waals surface area contributed by atoms with Gasteiger partial charge < -0.3 is 10.6 Å². The molecular formula is C12H16N2O. The summed E-state index contributed by atoms with van der Waals surface area (Å²) in [7, 11) is 1.68. The fourth-order valence-electron chi connectivity index (χ4n) is 2.01. The van der Waals surface area contributed by atoms with Crippen molar-refractivity contribution >= 4 is 5.91 Å². The molecule has 1 aliphatic rings. The summed E-state index contributed by atoms with van der Waals surface area (Å²) in [6, 6.07) is 6.35. The lowest BCUT2D eigenvalue weighted by Crippen LogP contribution is -2.18. The Labute approximate surface area is 89.9 Å². The van der Waals surface area contributed by atoms with Gasteiger partial charge in [-0.15, -0.1) is 0 Å². The largest absolute Gasteiger partial charge is 0.359 e. The zero-order valence-corrected chi connectivity index (χ0v) is 8.97. The van der Waals surface area contributed by atoms with E-state index in [-0.39, 0.29) is 5.91 Å². The Morgan fingerprint density at radius 1 is 1.47 bits per heavy atom. The van der Waals surface area contributed by atoms with Crippen LogP contribution in [0.4, 0.5) is 0 Å². The van der Waals surface area contributed by atoms with E-state index in [1.165, 1.54) is 16.7 Å². The molecule has 2 rings (SSSR count).